The standard InChI is InChI=1S/C18H30N4O.HI/c1-4-18(9-6-7-10-18)14-22-17(19-3)21-13-15-8-11-20-16(12-15)23-5-2;/h8,11-12H,4-7,9-10,13-14H2,1-3H3,(H2,19,21,22);1H. The van der Waals surface area contributed by atoms with Gasteiger partial charge in [-0.2, -0.15) is 0 Å². The Morgan fingerprint density at radius 1 is 1.29 bits per heavy atom. The van der Waals surface area contributed by atoms with E-state index in [0.717, 1.165) is 18.1 Å². The summed E-state index contributed by atoms with van der Waals surface area (Å²) in [5.41, 5.74) is 1.59. The number of rotatable bonds is 7. The van der Waals surface area contributed by atoms with Crippen LogP contribution in [0.3, 0.4) is 0 Å². The van der Waals surface area contributed by atoms with Gasteiger partial charge in [-0.1, -0.05) is 19.8 Å². The molecule has 2 N–H and O–H groups in total. The van der Waals surface area contributed by atoms with Crippen molar-refractivity contribution in [3.63, 3.8) is 0 Å². The second-order valence-corrected chi connectivity index (χ2v) is 6.28. The molecule has 136 valence electrons. The summed E-state index contributed by atoms with van der Waals surface area (Å²) in [4.78, 5) is 8.53. The molecule has 0 saturated heterocycles. The number of aromatic nitrogens is 1. The van der Waals surface area contributed by atoms with Crippen LogP contribution in [0.2, 0.25) is 0 Å². The predicted molar refractivity (Wildman–Crippen MR) is 110 cm³/mol. The lowest BCUT2D eigenvalue weighted by Gasteiger charge is -2.28. The first-order chi connectivity index (χ1) is 11.2. The highest BCUT2D eigenvalue weighted by Gasteiger charge is 2.31. The Kier molecular flexibility index (Phi) is 9.39. The van der Waals surface area contributed by atoms with E-state index in [1.54, 1.807) is 6.20 Å². The smallest absolute Gasteiger partial charge is 0.213 e. The molecule has 0 radical (unpaired) electrons. The van der Waals surface area contributed by atoms with Crippen molar-refractivity contribution in [2.45, 2.75) is 52.5 Å². The predicted octanol–water partition coefficient (Wildman–Crippen LogP) is 3.73. The van der Waals surface area contributed by atoms with Gasteiger partial charge in [-0.05, 0) is 43.2 Å². The number of hydrogen-bond donors (Lipinski definition) is 2. The van der Waals surface area contributed by atoms with Gasteiger partial charge in [0.05, 0.1) is 6.61 Å². The van der Waals surface area contributed by atoms with E-state index in [1.807, 2.05) is 26.1 Å². The van der Waals surface area contributed by atoms with E-state index in [1.165, 1.54) is 32.1 Å². The Labute approximate surface area is 163 Å². The zero-order valence-electron chi connectivity index (χ0n) is 15.1. The lowest BCUT2D eigenvalue weighted by Crippen LogP contribution is -2.42. The fraction of sp³-hybridized carbons (Fsp3) is 0.667. The van der Waals surface area contributed by atoms with E-state index in [9.17, 15) is 0 Å². The summed E-state index contributed by atoms with van der Waals surface area (Å²) in [5, 5.41) is 6.88. The largest absolute Gasteiger partial charge is 0.478 e. The van der Waals surface area contributed by atoms with Crippen molar-refractivity contribution in [2.75, 3.05) is 20.2 Å². The molecule has 0 bridgehead atoms. The van der Waals surface area contributed by atoms with Crippen LogP contribution in [0, 0.1) is 5.41 Å². The first-order valence-electron chi connectivity index (χ1n) is 8.73. The minimum absolute atomic E-state index is 0. The van der Waals surface area contributed by atoms with E-state index in [0.29, 0.717) is 24.4 Å². The van der Waals surface area contributed by atoms with Crippen LogP contribution in [-0.4, -0.2) is 31.1 Å². The summed E-state index contributed by atoms with van der Waals surface area (Å²) in [7, 11) is 1.82. The molecule has 1 fully saturated rings. The first kappa shape index (κ1) is 21.0. The van der Waals surface area contributed by atoms with Gasteiger partial charge in [-0.3, -0.25) is 4.99 Å². The Bertz CT molecular complexity index is 515. The molecule has 0 aliphatic heterocycles. The number of hydrogen-bond acceptors (Lipinski definition) is 3. The molecule has 1 aliphatic rings. The van der Waals surface area contributed by atoms with Gasteiger partial charge in [0.1, 0.15) is 0 Å². The van der Waals surface area contributed by atoms with Crippen LogP contribution in [-0.2, 0) is 6.54 Å². The van der Waals surface area contributed by atoms with Crippen LogP contribution in [0.4, 0.5) is 0 Å². The Balaban J connectivity index is 0.00000288. The normalized spacial score (nSPS) is 16.4. The molecule has 6 heteroatoms. The van der Waals surface area contributed by atoms with Gasteiger partial charge >= 0.3 is 0 Å². The van der Waals surface area contributed by atoms with Crippen molar-refractivity contribution in [1.82, 2.24) is 15.6 Å². The molecule has 1 heterocycles. The summed E-state index contributed by atoms with van der Waals surface area (Å²) in [5.74, 6) is 1.53. The van der Waals surface area contributed by atoms with Gasteiger partial charge in [0.2, 0.25) is 5.88 Å². The van der Waals surface area contributed by atoms with Crippen LogP contribution in [0.5, 0.6) is 5.88 Å². The van der Waals surface area contributed by atoms with E-state index in [2.05, 4.69) is 27.5 Å². The van der Waals surface area contributed by atoms with E-state index < -0.39 is 0 Å². The molecule has 0 spiro atoms. The number of aliphatic imine (C=N–C) groups is 1. The Hall–Kier alpha value is -1.05. The van der Waals surface area contributed by atoms with Gasteiger partial charge in [-0.25, -0.2) is 4.98 Å². The summed E-state index contributed by atoms with van der Waals surface area (Å²) in [6, 6.07) is 3.96. The Morgan fingerprint density at radius 3 is 2.67 bits per heavy atom. The zero-order chi connectivity index (χ0) is 16.5. The second kappa shape index (κ2) is 10.7. The fourth-order valence-electron chi connectivity index (χ4n) is 3.25. The molecule has 1 aromatic rings. The van der Waals surface area contributed by atoms with E-state index >= 15 is 0 Å². The number of pyridine rings is 1. The van der Waals surface area contributed by atoms with E-state index in [4.69, 9.17) is 4.74 Å². The number of nitrogens with zero attached hydrogens (tertiary/aromatic N) is 2. The monoisotopic (exact) mass is 446 g/mol. The highest BCUT2D eigenvalue weighted by atomic mass is 127. The lowest BCUT2D eigenvalue weighted by atomic mass is 9.83. The second-order valence-electron chi connectivity index (χ2n) is 6.28. The van der Waals surface area contributed by atoms with Gasteiger partial charge < -0.3 is 15.4 Å². The molecule has 1 aromatic heterocycles. The van der Waals surface area contributed by atoms with Crippen molar-refractivity contribution in [1.29, 1.82) is 0 Å². The summed E-state index contributed by atoms with van der Waals surface area (Å²) in [6.07, 6.45) is 8.39. The van der Waals surface area contributed by atoms with Gasteiger partial charge in [0.15, 0.2) is 5.96 Å². The molecular weight excluding hydrogens is 415 g/mol. The third-order valence-corrected chi connectivity index (χ3v) is 4.82. The maximum Gasteiger partial charge on any atom is 0.213 e. The summed E-state index contributed by atoms with van der Waals surface area (Å²) < 4.78 is 5.44. The number of halogens is 1. The average Bonchev–Trinajstić information content (AvgIpc) is 3.05. The number of ether oxygens (including phenoxy) is 1. The van der Waals surface area contributed by atoms with Crippen LogP contribution in [0.15, 0.2) is 23.3 Å². The van der Waals surface area contributed by atoms with Crippen LogP contribution >= 0.6 is 24.0 Å². The molecule has 0 atom stereocenters. The third kappa shape index (κ3) is 6.11. The molecule has 0 unspecified atom stereocenters. The lowest BCUT2D eigenvalue weighted by molar-refractivity contribution is 0.283. The molecule has 5 nitrogen and oxygen atoms in total. The van der Waals surface area contributed by atoms with E-state index in [-0.39, 0.29) is 24.0 Å². The molecule has 0 amide bonds. The van der Waals surface area contributed by atoms with Crippen molar-refractivity contribution >= 4 is 29.9 Å². The highest BCUT2D eigenvalue weighted by Crippen LogP contribution is 2.40. The van der Waals surface area contributed by atoms with Crippen LogP contribution in [0.1, 0.15) is 51.5 Å². The van der Waals surface area contributed by atoms with Gasteiger partial charge in [0, 0.05) is 32.4 Å². The SMILES string of the molecule is CCOc1cc(CNC(=NC)NCC2(CC)CCCC2)ccn1.I. The molecule has 2 rings (SSSR count). The molecular formula is C18H31IN4O. The minimum atomic E-state index is 0. The van der Waals surface area contributed by atoms with Crippen molar-refractivity contribution in [3.8, 4) is 5.88 Å². The van der Waals surface area contributed by atoms with Crippen molar-refractivity contribution in [2.24, 2.45) is 10.4 Å². The molecule has 1 saturated carbocycles. The van der Waals surface area contributed by atoms with Gasteiger partial charge in [-0.15, -0.1) is 24.0 Å². The number of nitrogens with one attached hydrogen (secondary N) is 2. The van der Waals surface area contributed by atoms with Crippen LogP contribution < -0.4 is 15.4 Å². The maximum atomic E-state index is 5.44. The van der Waals surface area contributed by atoms with Crippen molar-refractivity contribution < 1.29 is 4.74 Å². The quantitative estimate of drug-likeness (QED) is 0.381. The average molecular weight is 446 g/mol. The Morgan fingerprint density at radius 2 is 2.04 bits per heavy atom. The van der Waals surface area contributed by atoms with Gasteiger partial charge in [0.25, 0.3) is 0 Å². The summed E-state index contributed by atoms with van der Waals surface area (Å²) in [6.45, 7) is 6.61. The summed E-state index contributed by atoms with van der Waals surface area (Å²) >= 11 is 0. The minimum Gasteiger partial charge on any atom is -0.478 e. The zero-order valence-corrected chi connectivity index (χ0v) is 17.4. The highest BCUT2D eigenvalue weighted by molar-refractivity contribution is 14.0. The van der Waals surface area contributed by atoms with Crippen LogP contribution in [0.25, 0.3) is 0 Å². The fourth-order valence-corrected chi connectivity index (χ4v) is 3.25. The third-order valence-electron chi connectivity index (χ3n) is 4.82. The first-order valence-corrected chi connectivity index (χ1v) is 8.73. The molecule has 24 heavy (non-hydrogen) atoms. The molecule has 1 aliphatic carbocycles. The topological polar surface area (TPSA) is 58.5 Å². The maximum absolute atomic E-state index is 5.44. The number of guanidine groups is 1. The van der Waals surface area contributed by atoms with Crippen molar-refractivity contribution in [3.05, 3.63) is 23.9 Å². The molecule has 0 aromatic carbocycles.